The van der Waals surface area contributed by atoms with E-state index in [1.165, 1.54) is 22.4 Å². The lowest BCUT2D eigenvalue weighted by Crippen LogP contribution is -2.69. The fraction of sp³-hybridized carbons (Fsp3) is 0.938. The highest BCUT2D eigenvalue weighted by Crippen LogP contribution is 2.32. The second-order valence-corrected chi connectivity index (χ2v) is 9.93. The molecule has 1 amide bonds. The average molecular weight is 590 g/mol. The second kappa shape index (κ2) is 13.2. The van der Waals surface area contributed by atoms with Gasteiger partial charge in [0, 0.05) is 56.5 Å². The van der Waals surface area contributed by atoms with Gasteiger partial charge in [0.2, 0.25) is 5.91 Å². The van der Waals surface area contributed by atoms with Crippen molar-refractivity contribution in [3.05, 3.63) is 0 Å². The minimum atomic E-state index is -0.667. The van der Waals surface area contributed by atoms with E-state index in [1.807, 2.05) is 66.9 Å². The van der Waals surface area contributed by atoms with Gasteiger partial charge < -0.3 is 5.32 Å². The molecule has 0 aromatic carbocycles. The Bertz CT molecular complexity index is 420. The summed E-state index contributed by atoms with van der Waals surface area (Å²) in [5.41, 5.74) is -0.367. The highest BCUT2D eigenvalue weighted by Gasteiger charge is 2.44. The van der Waals surface area contributed by atoms with Crippen LogP contribution in [0.5, 0.6) is 0 Å². The maximum atomic E-state index is 13.3. The van der Waals surface area contributed by atoms with Crippen molar-refractivity contribution in [2.24, 2.45) is 17.1 Å². The van der Waals surface area contributed by atoms with Crippen LogP contribution in [0.2, 0.25) is 6.82 Å². The van der Waals surface area contributed by atoms with Gasteiger partial charge in [-0.3, -0.25) is 16.5 Å². The number of hydrogen-bond donors (Lipinski definition) is 3. The molecule has 0 aliphatic heterocycles. The molecule has 0 spiro atoms. The molecule has 2 unspecified atom stereocenters. The van der Waals surface area contributed by atoms with Crippen LogP contribution in [0.15, 0.2) is 0 Å². The summed E-state index contributed by atoms with van der Waals surface area (Å²) in [6.45, 7) is 10.3. The zero-order chi connectivity index (χ0) is 20.4. The minimum absolute atomic E-state index is 0.0875. The molecule has 6 nitrogen and oxygen atoms in total. The number of carbonyl (C=O) groups excluding carboxylic acids is 1. The number of nitrogens with one attached hydrogen (secondary N) is 1. The van der Waals surface area contributed by atoms with Crippen LogP contribution >= 0.6 is 45.7 Å². The molecule has 0 fully saturated rings. The topological polar surface area (TPSA) is 87.6 Å². The molecule has 0 aromatic heterocycles. The molecular formula is C16H36B2I2N5O. The van der Waals surface area contributed by atoms with Gasteiger partial charge >= 0.3 is 0 Å². The van der Waals surface area contributed by atoms with Gasteiger partial charge in [0.25, 0.3) is 14.3 Å². The SMILES string of the molecule is CCCCCCC(C)(CCCC)C(=O)NC(C)([B]N(N)I)B(C)N(N)I. The molecule has 0 bridgehead atoms. The van der Waals surface area contributed by atoms with Crippen molar-refractivity contribution >= 4 is 65.9 Å². The Kier molecular flexibility index (Phi) is 13.6. The Morgan fingerprint density at radius 2 is 1.62 bits per heavy atom. The lowest BCUT2D eigenvalue weighted by molar-refractivity contribution is -0.131. The third-order valence-electron chi connectivity index (χ3n) is 5.22. The number of hydrogen-bond acceptors (Lipinski definition) is 5. The van der Waals surface area contributed by atoms with Crippen LogP contribution in [0.4, 0.5) is 0 Å². The summed E-state index contributed by atoms with van der Waals surface area (Å²) in [4.78, 5) is 13.3. The zero-order valence-electron chi connectivity index (χ0n) is 17.0. The van der Waals surface area contributed by atoms with Crippen molar-refractivity contribution < 1.29 is 4.79 Å². The molecule has 0 aromatic rings. The van der Waals surface area contributed by atoms with Crippen molar-refractivity contribution in [3.8, 4) is 0 Å². The molecule has 0 aliphatic carbocycles. The summed E-state index contributed by atoms with van der Waals surface area (Å²) in [7, 11) is 1.81. The first-order valence-electron chi connectivity index (χ1n) is 9.60. The molecule has 1 radical (unpaired) electrons. The van der Waals surface area contributed by atoms with Crippen molar-refractivity contribution in [1.82, 2.24) is 11.6 Å². The number of rotatable bonds is 14. The number of unbranched alkanes of at least 4 members (excludes halogenated alkanes) is 4. The summed E-state index contributed by atoms with van der Waals surface area (Å²) >= 11 is 4.03. The summed E-state index contributed by atoms with van der Waals surface area (Å²) in [5.74, 6) is 11.9. The Morgan fingerprint density at radius 3 is 2.08 bits per heavy atom. The standard InChI is InChI=1S/C16H36B2I2N5O/c1-6-8-10-11-13-15(3,12-9-7-2)14(26)23-16(4,17-24(19)21)18(5)25(20)22/h6-13,21-22H2,1-5H3,(H,23,26). The van der Waals surface area contributed by atoms with Crippen LogP contribution in [-0.2, 0) is 4.79 Å². The van der Waals surface area contributed by atoms with Gasteiger partial charge in [0.1, 0.15) is 0 Å². The van der Waals surface area contributed by atoms with E-state index < -0.39 is 5.34 Å². The first-order chi connectivity index (χ1) is 12.0. The zero-order valence-corrected chi connectivity index (χ0v) is 21.3. The van der Waals surface area contributed by atoms with Crippen molar-refractivity contribution in [2.75, 3.05) is 0 Å². The van der Waals surface area contributed by atoms with E-state index in [0.29, 0.717) is 0 Å². The predicted octanol–water partition coefficient (Wildman–Crippen LogP) is 3.82. The first-order valence-corrected chi connectivity index (χ1v) is 11.5. The fourth-order valence-corrected chi connectivity index (χ4v) is 4.17. The Labute approximate surface area is 189 Å². The van der Waals surface area contributed by atoms with Gasteiger partial charge in [0.05, 0.1) is 0 Å². The van der Waals surface area contributed by atoms with Gasteiger partial charge in [-0.1, -0.05) is 73.0 Å². The van der Waals surface area contributed by atoms with E-state index in [0.717, 1.165) is 32.1 Å². The third-order valence-corrected chi connectivity index (χ3v) is 6.34. The van der Waals surface area contributed by atoms with E-state index >= 15 is 0 Å². The quantitative estimate of drug-likeness (QED) is 0.0716. The normalized spacial score (nSPS) is 16.3. The molecule has 0 saturated carbocycles. The maximum absolute atomic E-state index is 13.3. The van der Waals surface area contributed by atoms with Crippen LogP contribution in [0.1, 0.15) is 79.1 Å². The van der Waals surface area contributed by atoms with Gasteiger partial charge in [-0.2, -0.15) is 0 Å². The molecule has 2 atom stereocenters. The highest BCUT2D eigenvalue weighted by molar-refractivity contribution is 14.1. The summed E-state index contributed by atoms with van der Waals surface area (Å²) in [6, 6.07) is 0. The molecule has 26 heavy (non-hydrogen) atoms. The fourth-order valence-electron chi connectivity index (χ4n) is 3.01. The molecule has 151 valence electrons. The van der Waals surface area contributed by atoms with Crippen LogP contribution in [0.25, 0.3) is 0 Å². The number of carbonyl (C=O) groups is 1. The van der Waals surface area contributed by atoms with E-state index in [4.69, 9.17) is 11.7 Å². The molecular weight excluding hydrogens is 554 g/mol. The average Bonchev–Trinajstić information content (AvgIpc) is 2.55. The van der Waals surface area contributed by atoms with Crippen molar-refractivity contribution in [2.45, 2.75) is 91.2 Å². The third kappa shape index (κ3) is 9.40. The molecule has 0 rings (SSSR count). The van der Waals surface area contributed by atoms with E-state index in [1.54, 1.807) is 3.13 Å². The van der Waals surface area contributed by atoms with Crippen LogP contribution in [0.3, 0.4) is 0 Å². The monoisotopic (exact) mass is 590 g/mol. The van der Waals surface area contributed by atoms with Crippen LogP contribution in [-0.4, -0.2) is 31.8 Å². The smallest absolute Gasteiger partial charge is 0.271 e. The van der Waals surface area contributed by atoms with Crippen LogP contribution in [0, 0.1) is 5.41 Å². The summed E-state index contributed by atoms with van der Waals surface area (Å²) < 4.78 is 3.04. The molecule has 0 heterocycles. The number of amides is 1. The van der Waals surface area contributed by atoms with Crippen molar-refractivity contribution in [3.63, 3.8) is 0 Å². The Morgan fingerprint density at radius 1 is 1.08 bits per heavy atom. The minimum Gasteiger partial charge on any atom is -0.362 e. The lowest BCUT2D eigenvalue weighted by Gasteiger charge is -2.40. The predicted molar refractivity (Wildman–Crippen MR) is 130 cm³/mol. The lowest BCUT2D eigenvalue weighted by atomic mass is 9.37. The van der Waals surface area contributed by atoms with Gasteiger partial charge in [-0.25, -0.2) is 6.27 Å². The largest absolute Gasteiger partial charge is 0.362 e. The first kappa shape index (κ1) is 26.9. The highest BCUT2D eigenvalue weighted by atomic mass is 127. The molecule has 10 heteroatoms. The molecule has 5 N–H and O–H groups in total. The number of halogens is 2. The van der Waals surface area contributed by atoms with Gasteiger partial charge in [-0.05, 0) is 12.8 Å². The molecule has 0 saturated heterocycles. The van der Waals surface area contributed by atoms with Gasteiger partial charge in [0.15, 0.2) is 0 Å². The Balaban J connectivity index is 5.30. The number of nitrogens with two attached hydrogens (primary N) is 2. The van der Waals surface area contributed by atoms with Crippen LogP contribution < -0.4 is 17.0 Å². The second-order valence-electron chi connectivity index (χ2n) is 7.71. The van der Waals surface area contributed by atoms with E-state index in [-0.39, 0.29) is 18.2 Å². The van der Waals surface area contributed by atoms with Gasteiger partial charge in [-0.15, -0.1) is 0 Å². The maximum Gasteiger partial charge on any atom is 0.271 e. The summed E-state index contributed by atoms with van der Waals surface area (Å²) in [6.07, 6.45) is 8.65. The van der Waals surface area contributed by atoms with E-state index in [9.17, 15) is 4.79 Å². The summed E-state index contributed by atoms with van der Waals surface area (Å²) in [5, 5.41) is 2.58. The van der Waals surface area contributed by atoms with E-state index in [2.05, 4.69) is 26.1 Å². The van der Waals surface area contributed by atoms with Crippen molar-refractivity contribution in [1.29, 1.82) is 0 Å². The number of nitrogens with zero attached hydrogens (tertiary/aromatic N) is 2. The number of hydrazine groups is 2. The molecule has 0 aliphatic rings. The Hall–Kier alpha value is 0.900.